The first-order valence-corrected chi connectivity index (χ1v) is 15.7. The minimum absolute atomic E-state index is 0.0411. The average molecular weight is 589 g/mol. The molecule has 0 spiro atoms. The van der Waals surface area contributed by atoms with Gasteiger partial charge < -0.3 is 0 Å². The second-order valence-corrected chi connectivity index (χ2v) is 10.4. The van der Waals surface area contributed by atoms with E-state index in [0.717, 1.165) is 39.0 Å². The number of nitrogens with one attached hydrogen (secondary N) is 1. The number of aliphatic hydroxyl groups excluding tert-OH is 1. The van der Waals surface area contributed by atoms with E-state index in [1.54, 1.807) is 0 Å². The normalized spacial score (nSPS) is 29.7. The summed E-state index contributed by atoms with van der Waals surface area (Å²) in [6, 6.07) is 0.861. The predicted molar refractivity (Wildman–Crippen MR) is 116 cm³/mol. The van der Waals surface area contributed by atoms with E-state index in [9.17, 15) is 5.11 Å². The molecule has 2 fully saturated rings. The number of halogens is 2. The van der Waals surface area contributed by atoms with Crippen molar-refractivity contribution >= 4 is 25.2 Å². The van der Waals surface area contributed by atoms with E-state index in [0.29, 0.717) is 18.2 Å². The molecular formula is C20H35I2N2O2-. The van der Waals surface area contributed by atoms with E-state index < -0.39 is 0 Å². The van der Waals surface area contributed by atoms with Crippen LogP contribution in [0, 0.1) is 0 Å². The van der Waals surface area contributed by atoms with Crippen LogP contribution in [0.3, 0.4) is 0 Å². The van der Waals surface area contributed by atoms with E-state index in [1.807, 2.05) is 0 Å². The van der Waals surface area contributed by atoms with E-state index in [2.05, 4.69) is 41.0 Å². The fourth-order valence-electron chi connectivity index (χ4n) is 4.04. The molecule has 0 radical (unpaired) electrons. The van der Waals surface area contributed by atoms with Gasteiger partial charge in [-0.15, -0.1) is 0 Å². The average Bonchev–Trinajstić information content (AvgIpc) is 3.09. The summed E-state index contributed by atoms with van der Waals surface area (Å²) in [5.74, 6) is 0. The molecule has 1 unspecified atom stereocenters. The number of likely N-dealkylation sites (tertiary alicyclic amines) is 1. The first-order valence-electron chi connectivity index (χ1n) is 9.66. The molecule has 2 N–H and O–H groups in total. The Kier molecular flexibility index (Phi) is 11.5. The Morgan fingerprint density at radius 3 is 2.88 bits per heavy atom. The molecule has 1 aliphatic carbocycles. The summed E-state index contributed by atoms with van der Waals surface area (Å²) < 4.78 is 16.3. The number of rotatable bonds is 10. The number of alkyl halides is 1. The number of allylic oxidation sites excluding steroid dienone is 1. The third-order valence-corrected chi connectivity index (χ3v) is 7.62. The van der Waals surface area contributed by atoms with Crippen LogP contribution in [-0.2, 0) is 4.74 Å². The molecule has 0 aromatic carbocycles. The van der Waals surface area contributed by atoms with Gasteiger partial charge in [0.05, 0.1) is 0 Å². The van der Waals surface area contributed by atoms with Crippen LogP contribution >= 0.6 is 20.7 Å². The van der Waals surface area contributed by atoms with Crippen molar-refractivity contribution < 1.29 is 31.3 Å². The number of aliphatic hydroxyl groups is 1. The second-order valence-electron chi connectivity index (χ2n) is 7.06. The first kappa shape index (κ1) is 22.9. The van der Waals surface area contributed by atoms with Crippen LogP contribution in [-0.4, -0.2) is 63.4 Å². The molecule has 0 aromatic rings. The monoisotopic (exact) mass is 589 g/mol. The number of hydrogen-bond donors (Lipinski definition) is 2. The number of ether oxygens (including phenoxy) is 1. The molecule has 1 saturated carbocycles. The van der Waals surface area contributed by atoms with Crippen LogP contribution in [0.5, 0.6) is 0 Å². The van der Waals surface area contributed by atoms with Crippen LogP contribution in [0.4, 0.5) is 0 Å². The van der Waals surface area contributed by atoms with Gasteiger partial charge in [0.2, 0.25) is 0 Å². The number of hydrogen-bond acceptors (Lipinski definition) is 4. The Labute approximate surface area is 180 Å². The zero-order valence-electron chi connectivity index (χ0n) is 16.2. The molecule has 0 bridgehead atoms. The van der Waals surface area contributed by atoms with Gasteiger partial charge in [-0.2, -0.15) is 0 Å². The van der Waals surface area contributed by atoms with Crippen molar-refractivity contribution in [2.24, 2.45) is 0 Å². The zero-order chi connectivity index (χ0) is 18.8. The molecule has 4 nitrogen and oxygen atoms in total. The Bertz CT molecular complexity index is 484. The first-order chi connectivity index (χ1) is 12.7. The fraction of sp³-hybridized carbons (Fsp3) is 0.750. The maximum absolute atomic E-state index is 9.88. The van der Waals surface area contributed by atoms with Gasteiger partial charge >= 0.3 is 181 Å². The van der Waals surface area contributed by atoms with Crippen molar-refractivity contribution in [2.75, 3.05) is 24.6 Å². The topological polar surface area (TPSA) is 44.7 Å². The van der Waals surface area contributed by atoms with Crippen LogP contribution < -0.4 is 25.0 Å². The van der Waals surface area contributed by atoms with Gasteiger partial charge in [0.15, 0.2) is 0 Å². The SMILES string of the molecule is C=I/C=C\C(N[I-]C)/C(=C\C)CCO[C@H]1CCCC[C@H]1N1CC[C@H](O)C1. The van der Waals surface area contributed by atoms with E-state index in [1.165, 1.54) is 24.8 Å². The predicted octanol–water partition coefficient (Wildman–Crippen LogP) is 0.226. The Morgan fingerprint density at radius 2 is 2.23 bits per heavy atom. The molecule has 1 saturated heterocycles. The molecule has 1 heterocycles. The van der Waals surface area contributed by atoms with Crippen LogP contribution in [0.1, 0.15) is 45.4 Å². The Morgan fingerprint density at radius 1 is 1.42 bits per heavy atom. The molecule has 4 atom stereocenters. The maximum atomic E-state index is 9.88. The summed E-state index contributed by atoms with van der Waals surface area (Å²) in [7, 11) is 0. The molecule has 152 valence electrons. The molecule has 0 aromatic heterocycles. The summed E-state index contributed by atoms with van der Waals surface area (Å²) in [6.45, 7) is 4.79. The Hall–Kier alpha value is 0.650. The van der Waals surface area contributed by atoms with Gasteiger partial charge in [-0.05, 0) is 0 Å². The van der Waals surface area contributed by atoms with Crippen LogP contribution in [0.2, 0.25) is 0 Å². The summed E-state index contributed by atoms with van der Waals surface area (Å²) in [5.41, 5.74) is 1.43. The molecule has 2 aliphatic rings. The molecule has 0 amide bonds. The van der Waals surface area contributed by atoms with Gasteiger partial charge in [-0.3, -0.25) is 0 Å². The standard InChI is InChI=1S/C20H35I2N2O2/c1-4-16(18(23-22-3)9-12-21-2)11-14-26-20-8-6-5-7-19(20)24-13-10-17(25)15-24/h4,9,12,17-20,23,25H,2,5-8,10-11,13-15H2,1,3H3/q-1/b12-9-,16-4-/t17-,18?,19+,20-/m0/s1. The van der Waals surface area contributed by atoms with Crippen molar-refractivity contribution in [3.05, 3.63) is 21.8 Å². The quantitative estimate of drug-likeness (QED) is 0.166. The zero-order valence-corrected chi connectivity index (χ0v) is 20.5. The summed E-state index contributed by atoms with van der Waals surface area (Å²) >= 11 is -0.0103. The van der Waals surface area contributed by atoms with Gasteiger partial charge in [0.1, 0.15) is 0 Å². The second kappa shape index (κ2) is 13.0. The van der Waals surface area contributed by atoms with Crippen molar-refractivity contribution in [1.82, 2.24) is 8.43 Å². The molecule has 6 heteroatoms. The number of β-amino-alcohol motifs (C(OH)–C–C–N with tert-alkyl or cyclic N) is 1. The van der Waals surface area contributed by atoms with E-state index in [4.69, 9.17) is 4.74 Å². The molecule has 2 rings (SSSR count). The summed E-state index contributed by atoms with van der Waals surface area (Å²) in [4.78, 5) is 4.73. The van der Waals surface area contributed by atoms with Crippen molar-refractivity contribution in [3.63, 3.8) is 0 Å². The summed E-state index contributed by atoms with van der Waals surface area (Å²) in [6.07, 6.45) is 11.6. The van der Waals surface area contributed by atoms with Crippen molar-refractivity contribution in [2.45, 2.75) is 69.7 Å². The van der Waals surface area contributed by atoms with Gasteiger partial charge in [-0.1, -0.05) is 0 Å². The third kappa shape index (κ3) is 7.24. The van der Waals surface area contributed by atoms with E-state index >= 15 is 0 Å². The fourth-order valence-corrected chi connectivity index (χ4v) is 6.03. The van der Waals surface area contributed by atoms with Gasteiger partial charge in [0.25, 0.3) is 0 Å². The minimum atomic E-state index is -0.140. The Balaban J connectivity index is 1.86. The third-order valence-electron chi connectivity index (χ3n) is 5.41. The van der Waals surface area contributed by atoms with E-state index in [-0.39, 0.29) is 48.3 Å². The van der Waals surface area contributed by atoms with Gasteiger partial charge in [-0.25, -0.2) is 0 Å². The molecular weight excluding hydrogens is 554 g/mol. The summed E-state index contributed by atoms with van der Waals surface area (Å²) in [5, 5.41) is 9.88. The number of nitrogens with zero attached hydrogens (tertiary/aromatic N) is 1. The van der Waals surface area contributed by atoms with Crippen molar-refractivity contribution in [1.29, 1.82) is 0 Å². The van der Waals surface area contributed by atoms with Crippen LogP contribution in [0.15, 0.2) is 21.8 Å². The van der Waals surface area contributed by atoms with Crippen LogP contribution in [0.25, 0.3) is 0 Å². The van der Waals surface area contributed by atoms with Crippen molar-refractivity contribution in [3.8, 4) is 0 Å². The van der Waals surface area contributed by atoms with Gasteiger partial charge in [0, 0.05) is 0 Å². The molecule has 26 heavy (non-hydrogen) atoms. The molecule has 1 aliphatic heterocycles.